The third kappa shape index (κ3) is 7.98. The second kappa shape index (κ2) is 8.15. The van der Waals surface area contributed by atoms with E-state index in [2.05, 4.69) is 0 Å². The number of carbonyl (C=O) groups is 2. The highest BCUT2D eigenvalue weighted by atomic mass is 32.2. The van der Waals surface area contributed by atoms with Gasteiger partial charge in [-0.15, -0.1) is 11.8 Å². The van der Waals surface area contributed by atoms with Crippen LogP contribution in [0.2, 0.25) is 0 Å². The zero-order valence-corrected chi connectivity index (χ0v) is 14.9. The van der Waals surface area contributed by atoms with Gasteiger partial charge >= 0.3 is 11.9 Å². The standard InChI is InChI=1S/C10H17FO3S.C5H10O2/c1-10(2,3)9(13)14-5-6-4-7(11)8(12)15-6;1-5(2,3)4(6)7/h6-8,12H,4-5H2,1-3H3;1-3H3,(H,6,7). The first-order valence-corrected chi connectivity index (χ1v) is 8.07. The van der Waals surface area contributed by atoms with E-state index in [-0.39, 0.29) is 24.2 Å². The number of aliphatic hydroxyl groups is 1. The Balaban J connectivity index is 0.000000534. The van der Waals surface area contributed by atoms with Crippen LogP contribution in [-0.4, -0.2) is 45.6 Å². The van der Waals surface area contributed by atoms with Gasteiger partial charge in [0.1, 0.15) is 18.2 Å². The monoisotopic (exact) mass is 338 g/mol. The molecule has 1 rings (SSSR count). The van der Waals surface area contributed by atoms with Crippen molar-refractivity contribution in [3.63, 3.8) is 0 Å². The van der Waals surface area contributed by atoms with E-state index in [9.17, 15) is 14.0 Å². The number of thioether (sulfide) groups is 1. The van der Waals surface area contributed by atoms with Crippen molar-refractivity contribution in [2.24, 2.45) is 10.8 Å². The fraction of sp³-hybridized carbons (Fsp3) is 0.867. The lowest BCUT2D eigenvalue weighted by molar-refractivity contribution is -0.153. The number of esters is 1. The minimum absolute atomic E-state index is 0.124. The molecule has 0 saturated carbocycles. The molecule has 1 heterocycles. The molecule has 7 heteroatoms. The summed E-state index contributed by atoms with van der Waals surface area (Å²) in [5, 5.41) is 17.3. The van der Waals surface area contributed by atoms with Gasteiger partial charge in [-0.2, -0.15) is 0 Å². The van der Waals surface area contributed by atoms with Crippen LogP contribution in [0.5, 0.6) is 0 Å². The molecule has 0 aromatic heterocycles. The SMILES string of the molecule is CC(C)(C)C(=O)O.CC(C)(C)C(=O)OCC1CC(F)C(O)S1. The van der Waals surface area contributed by atoms with Gasteiger partial charge in [0.05, 0.1) is 10.8 Å². The topological polar surface area (TPSA) is 83.8 Å². The van der Waals surface area contributed by atoms with Crippen LogP contribution < -0.4 is 0 Å². The number of aliphatic hydroxyl groups excluding tert-OH is 1. The molecule has 130 valence electrons. The summed E-state index contributed by atoms with van der Waals surface area (Å²) in [4.78, 5) is 21.4. The Morgan fingerprint density at radius 3 is 1.91 bits per heavy atom. The number of alkyl halides is 1. The number of aliphatic carboxylic acids is 1. The van der Waals surface area contributed by atoms with Crippen LogP contribution >= 0.6 is 11.8 Å². The van der Waals surface area contributed by atoms with Gasteiger partial charge < -0.3 is 14.9 Å². The minimum Gasteiger partial charge on any atom is -0.481 e. The van der Waals surface area contributed by atoms with Crippen molar-refractivity contribution in [1.82, 2.24) is 0 Å². The Labute approximate surface area is 135 Å². The zero-order chi connectivity index (χ0) is 17.7. The van der Waals surface area contributed by atoms with E-state index >= 15 is 0 Å². The third-order valence-electron chi connectivity index (χ3n) is 2.78. The van der Waals surface area contributed by atoms with Crippen molar-refractivity contribution < 1.29 is 28.9 Å². The highest BCUT2D eigenvalue weighted by Gasteiger charge is 2.35. The minimum atomic E-state index is -1.20. The molecule has 0 amide bonds. The van der Waals surface area contributed by atoms with Crippen LogP contribution in [0.15, 0.2) is 0 Å². The average molecular weight is 338 g/mol. The van der Waals surface area contributed by atoms with Gasteiger partial charge in [-0.1, -0.05) is 0 Å². The maximum atomic E-state index is 12.9. The number of halogens is 1. The third-order valence-corrected chi connectivity index (χ3v) is 4.07. The second-order valence-electron chi connectivity index (χ2n) is 7.30. The Morgan fingerprint density at radius 2 is 1.64 bits per heavy atom. The van der Waals surface area contributed by atoms with Crippen LogP contribution in [0, 0.1) is 10.8 Å². The van der Waals surface area contributed by atoms with E-state index in [0.29, 0.717) is 0 Å². The maximum absolute atomic E-state index is 12.9. The van der Waals surface area contributed by atoms with Crippen LogP contribution in [0.4, 0.5) is 4.39 Å². The maximum Gasteiger partial charge on any atom is 0.311 e. The molecular formula is C15H27FO5S. The molecule has 0 bridgehead atoms. The van der Waals surface area contributed by atoms with E-state index in [4.69, 9.17) is 14.9 Å². The molecule has 2 N–H and O–H groups in total. The zero-order valence-electron chi connectivity index (χ0n) is 14.1. The molecule has 1 fully saturated rings. The van der Waals surface area contributed by atoms with Gasteiger partial charge in [0.2, 0.25) is 0 Å². The molecule has 0 radical (unpaired) electrons. The Bertz CT molecular complexity index is 376. The predicted octanol–water partition coefficient (Wildman–Crippen LogP) is 2.85. The highest BCUT2D eigenvalue weighted by Crippen LogP contribution is 2.34. The smallest absolute Gasteiger partial charge is 0.311 e. The first kappa shape index (κ1) is 21.2. The van der Waals surface area contributed by atoms with Gasteiger partial charge in [-0.05, 0) is 48.0 Å². The van der Waals surface area contributed by atoms with E-state index in [1.54, 1.807) is 41.5 Å². The first-order chi connectivity index (χ1) is 9.75. The molecule has 0 spiro atoms. The summed E-state index contributed by atoms with van der Waals surface area (Å²) in [5.41, 5.74) is -2.08. The van der Waals surface area contributed by atoms with Crippen molar-refractivity contribution in [2.45, 2.75) is 64.8 Å². The summed E-state index contributed by atoms with van der Waals surface area (Å²) < 4.78 is 18.0. The molecule has 0 aromatic carbocycles. The number of carbonyl (C=O) groups excluding carboxylic acids is 1. The molecular weight excluding hydrogens is 311 g/mol. The molecule has 5 nitrogen and oxygen atoms in total. The fourth-order valence-electron chi connectivity index (χ4n) is 1.20. The highest BCUT2D eigenvalue weighted by molar-refractivity contribution is 8.00. The molecule has 1 saturated heterocycles. The summed E-state index contributed by atoms with van der Waals surface area (Å²) in [6.45, 7) is 10.5. The summed E-state index contributed by atoms with van der Waals surface area (Å²) in [7, 11) is 0. The van der Waals surface area contributed by atoms with Crippen LogP contribution in [0.3, 0.4) is 0 Å². The van der Waals surface area contributed by atoms with Crippen molar-refractivity contribution in [1.29, 1.82) is 0 Å². The number of hydrogen-bond acceptors (Lipinski definition) is 5. The van der Waals surface area contributed by atoms with Crippen molar-refractivity contribution >= 4 is 23.7 Å². The van der Waals surface area contributed by atoms with Gasteiger partial charge in [-0.25, -0.2) is 4.39 Å². The second-order valence-corrected chi connectivity index (χ2v) is 8.73. The Hall–Kier alpha value is -0.820. The lowest BCUT2D eigenvalue weighted by atomic mass is 9.97. The number of rotatable bonds is 2. The van der Waals surface area contributed by atoms with Crippen molar-refractivity contribution in [3.05, 3.63) is 0 Å². The van der Waals surface area contributed by atoms with Crippen LogP contribution in [0.25, 0.3) is 0 Å². The molecule has 0 aliphatic carbocycles. The van der Waals surface area contributed by atoms with E-state index in [1.165, 1.54) is 0 Å². The number of hydrogen-bond donors (Lipinski definition) is 2. The largest absolute Gasteiger partial charge is 0.481 e. The van der Waals surface area contributed by atoms with Crippen molar-refractivity contribution in [3.8, 4) is 0 Å². The molecule has 1 aliphatic heterocycles. The van der Waals surface area contributed by atoms with Gasteiger partial charge in [0.15, 0.2) is 0 Å². The van der Waals surface area contributed by atoms with Crippen LogP contribution in [0.1, 0.15) is 48.0 Å². The Morgan fingerprint density at radius 1 is 1.18 bits per heavy atom. The molecule has 0 aromatic rings. The van der Waals surface area contributed by atoms with E-state index < -0.39 is 28.4 Å². The van der Waals surface area contributed by atoms with E-state index in [0.717, 1.165) is 11.8 Å². The normalized spacial score (nSPS) is 25.2. The predicted molar refractivity (Wildman–Crippen MR) is 84.4 cm³/mol. The lowest BCUT2D eigenvalue weighted by Crippen LogP contribution is -2.25. The number of carboxylic acids is 1. The summed E-state index contributed by atoms with van der Waals surface area (Å²) in [6.07, 6.45) is -0.947. The van der Waals surface area contributed by atoms with Gasteiger partial charge in [-0.3, -0.25) is 9.59 Å². The molecule has 3 atom stereocenters. The summed E-state index contributed by atoms with van der Waals surface area (Å²) in [6, 6.07) is 0. The fourth-order valence-corrected chi connectivity index (χ4v) is 2.32. The van der Waals surface area contributed by atoms with Crippen LogP contribution in [-0.2, 0) is 14.3 Å². The molecule has 1 aliphatic rings. The van der Waals surface area contributed by atoms with Gasteiger partial charge in [0.25, 0.3) is 0 Å². The summed E-state index contributed by atoms with van der Waals surface area (Å²) in [5.74, 6) is -1.05. The van der Waals surface area contributed by atoms with Gasteiger partial charge in [0, 0.05) is 5.25 Å². The summed E-state index contributed by atoms with van der Waals surface area (Å²) >= 11 is 1.13. The lowest BCUT2D eigenvalue weighted by Gasteiger charge is -2.18. The van der Waals surface area contributed by atoms with E-state index in [1.807, 2.05) is 0 Å². The first-order valence-electron chi connectivity index (χ1n) is 7.13. The molecule has 3 unspecified atom stereocenters. The average Bonchev–Trinajstić information content (AvgIpc) is 2.64. The Kier molecular flexibility index (Phi) is 7.85. The molecule has 22 heavy (non-hydrogen) atoms. The quantitative estimate of drug-likeness (QED) is 0.753. The number of carboxylic acid groups (broad SMARTS) is 1. The van der Waals surface area contributed by atoms with Crippen molar-refractivity contribution in [2.75, 3.05) is 6.61 Å². The number of ether oxygens (including phenoxy) is 1.